The van der Waals surface area contributed by atoms with Crippen LogP contribution in [0.5, 0.6) is 0 Å². The summed E-state index contributed by atoms with van der Waals surface area (Å²) in [5, 5.41) is -1.63. The van der Waals surface area contributed by atoms with Gasteiger partial charge in [-0.3, -0.25) is 4.79 Å². The first-order valence-electron chi connectivity index (χ1n) is 3.74. The van der Waals surface area contributed by atoms with Gasteiger partial charge in [0.1, 0.15) is 6.10 Å². The van der Waals surface area contributed by atoms with Crippen molar-refractivity contribution in [1.82, 2.24) is 0 Å². The molecule has 0 saturated carbocycles. The van der Waals surface area contributed by atoms with Crippen LogP contribution in [0.1, 0.15) is 19.3 Å². The minimum absolute atomic E-state index is 0.200. The highest BCUT2D eigenvalue weighted by molar-refractivity contribution is 6.65. The second kappa shape index (κ2) is 3.66. The number of alkyl halides is 2. The molecule has 0 spiro atoms. The van der Waals surface area contributed by atoms with Gasteiger partial charge in [-0.25, -0.2) is 0 Å². The summed E-state index contributed by atoms with van der Waals surface area (Å²) in [5.41, 5.74) is 0. The van der Waals surface area contributed by atoms with Crippen LogP contribution in [0.2, 0.25) is 0 Å². The van der Waals surface area contributed by atoms with E-state index in [1.807, 2.05) is 0 Å². The first kappa shape index (κ1) is 9.86. The topological polar surface area (TPSA) is 26.3 Å². The van der Waals surface area contributed by atoms with Crippen LogP contribution in [0, 0.1) is 0 Å². The van der Waals surface area contributed by atoms with E-state index in [4.69, 9.17) is 16.3 Å². The smallest absolute Gasteiger partial charge is 0.345 e. The fourth-order valence-corrected chi connectivity index (χ4v) is 1.27. The maximum Gasteiger partial charge on any atom is 0.345 e. The number of halogens is 3. The van der Waals surface area contributed by atoms with Gasteiger partial charge in [0.05, 0.1) is 0 Å². The maximum absolute atomic E-state index is 12.8. The molecule has 0 aromatic heterocycles. The SMILES string of the molecule is O=C(Cl)C(F)(F)C1CCCCO1. The molecular weight excluding hydrogens is 190 g/mol. The van der Waals surface area contributed by atoms with Crippen molar-refractivity contribution in [2.24, 2.45) is 0 Å². The largest absolute Gasteiger partial charge is 0.371 e. The summed E-state index contributed by atoms with van der Waals surface area (Å²) >= 11 is 4.73. The number of hydrogen-bond donors (Lipinski definition) is 0. The fraction of sp³-hybridized carbons (Fsp3) is 0.857. The molecule has 1 rings (SSSR count). The van der Waals surface area contributed by atoms with Gasteiger partial charge in [0.15, 0.2) is 0 Å². The molecular formula is C7H9ClF2O2. The van der Waals surface area contributed by atoms with Crippen molar-refractivity contribution in [3.05, 3.63) is 0 Å². The molecule has 0 aromatic carbocycles. The van der Waals surface area contributed by atoms with Crippen LogP contribution in [0.15, 0.2) is 0 Å². The molecule has 0 aliphatic carbocycles. The average Bonchev–Trinajstić information content (AvgIpc) is 2.06. The molecule has 1 atom stereocenters. The van der Waals surface area contributed by atoms with Crippen molar-refractivity contribution in [1.29, 1.82) is 0 Å². The summed E-state index contributed by atoms with van der Waals surface area (Å²) in [6.45, 7) is 0.282. The molecule has 5 heteroatoms. The summed E-state index contributed by atoms with van der Waals surface area (Å²) in [5.74, 6) is -3.53. The Labute approximate surface area is 73.8 Å². The average molecular weight is 199 g/mol. The molecule has 1 fully saturated rings. The van der Waals surface area contributed by atoms with Gasteiger partial charge in [-0.1, -0.05) is 0 Å². The molecule has 1 heterocycles. The zero-order chi connectivity index (χ0) is 9.19. The third kappa shape index (κ3) is 1.93. The van der Waals surface area contributed by atoms with Gasteiger partial charge in [-0.05, 0) is 30.9 Å². The van der Waals surface area contributed by atoms with Crippen LogP contribution in [0.25, 0.3) is 0 Å². The van der Waals surface area contributed by atoms with Gasteiger partial charge in [0.25, 0.3) is 5.24 Å². The van der Waals surface area contributed by atoms with E-state index in [2.05, 4.69) is 0 Å². The monoisotopic (exact) mass is 198 g/mol. The lowest BCUT2D eigenvalue weighted by Crippen LogP contribution is -2.42. The van der Waals surface area contributed by atoms with Gasteiger partial charge in [0, 0.05) is 6.61 Å². The van der Waals surface area contributed by atoms with E-state index in [0.29, 0.717) is 6.42 Å². The Morgan fingerprint density at radius 3 is 2.58 bits per heavy atom. The van der Waals surface area contributed by atoms with Crippen molar-refractivity contribution in [2.45, 2.75) is 31.3 Å². The highest BCUT2D eigenvalue weighted by atomic mass is 35.5. The maximum atomic E-state index is 12.8. The van der Waals surface area contributed by atoms with E-state index in [0.717, 1.165) is 6.42 Å². The Kier molecular flexibility index (Phi) is 3.01. The minimum atomic E-state index is -3.53. The quantitative estimate of drug-likeness (QED) is 0.634. The van der Waals surface area contributed by atoms with Gasteiger partial charge in [-0.15, -0.1) is 0 Å². The van der Waals surface area contributed by atoms with Crippen molar-refractivity contribution in [3.63, 3.8) is 0 Å². The number of ether oxygens (including phenoxy) is 1. The van der Waals surface area contributed by atoms with Crippen molar-refractivity contribution in [3.8, 4) is 0 Å². The summed E-state index contributed by atoms with van der Waals surface area (Å²) in [6.07, 6.45) is 0.301. The highest BCUT2D eigenvalue weighted by Gasteiger charge is 2.47. The highest BCUT2D eigenvalue weighted by Crippen LogP contribution is 2.30. The molecule has 1 aliphatic heterocycles. The normalized spacial score (nSPS) is 25.4. The Morgan fingerprint density at radius 1 is 1.50 bits per heavy atom. The third-order valence-corrected chi connectivity index (χ3v) is 2.10. The molecule has 1 aliphatic rings. The molecule has 70 valence electrons. The second-order valence-corrected chi connectivity index (χ2v) is 3.10. The summed E-state index contributed by atoms with van der Waals surface area (Å²) < 4.78 is 30.4. The molecule has 2 nitrogen and oxygen atoms in total. The zero-order valence-electron chi connectivity index (χ0n) is 6.36. The van der Waals surface area contributed by atoms with Crippen LogP contribution in [-0.2, 0) is 9.53 Å². The van der Waals surface area contributed by atoms with E-state index >= 15 is 0 Å². The van der Waals surface area contributed by atoms with Crippen LogP contribution in [-0.4, -0.2) is 23.9 Å². The summed E-state index contributed by atoms with van der Waals surface area (Å²) in [7, 11) is 0. The second-order valence-electron chi connectivity index (χ2n) is 2.75. The molecule has 0 amide bonds. The standard InChI is InChI=1S/C7H9ClF2O2/c8-6(11)7(9,10)5-3-1-2-4-12-5/h5H,1-4H2. The van der Waals surface area contributed by atoms with E-state index < -0.39 is 17.3 Å². The van der Waals surface area contributed by atoms with Crippen molar-refractivity contribution < 1.29 is 18.3 Å². The lowest BCUT2D eigenvalue weighted by Gasteiger charge is -2.27. The van der Waals surface area contributed by atoms with E-state index in [1.54, 1.807) is 0 Å². The predicted octanol–water partition coefficient (Wildman–Crippen LogP) is 1.96. The first-order valence-corrected chi connectivity index (χ1v) is 4.12. The van der Waals surface area contributed by atoms with Crippen molar-refractivity contribution in [2.75, 3.05) is 6.61 Å². The molecule has 12 heavy (non-hydrogen) atoms. The number of carbonyl (C=O) groups excluding carboxylic acids is 1. The van der Waals surface area contributed by atoms with Gasteiger partial charge < -0.3 is 4.74 Å². The van der Waals surface area contributed by atoms with E-state index in [9.17, 15) is 13.6 Å². The third-order valence-electron chi connectivity index (χ3n) is 1.85. The van der Waals surface area contributed by atoms with Crippen LogP contribution < -0.4 is 0 Å². The minimum Gasteiger partial charge on any atom is -0.371 e. The Hall–Kier alpha value is -0.220. The summed E-state index contributed by atoms with van der Waals surface area (Å²) in [6, 6.07) is 0. The Morgan fingerprint density at radius 2 is 2.17 bits per heavy atom. The molecule has 0 N–H and O–H groups in total. The lowest BCUT2D eigenvalue weighted by molar-refractivity contribution is -0.167. The Balaban J connectivity index is 2.59. The van der Waals surface area contributed by atoms with E-state index in [-0.39, 0.29) is 13.0 Å². The summed E-state index contributed by atoms with van der Waals surface area (Å²) in [4.78, 5) is 10.3. The van der Waals surface area contributed by atoms with Gasteiger partial charge in [-0.2, -0.15) is 8.78 Å². The number of rotatable bonds is 2. The zero-order valence-corrected chi connectivity index (χ0v) is 7.11. The van der Waals surface area contributed by atoms with Gasteiger partial charge >= 0.3 is 5.92 Å². The van der Waals surface area contributed by atoms with Gasteiger partial charge in [0.2, 0.25) is 0 Å². The number of hydrogen-bond acceptors (Lipinski definition) is 2. The molecule has 1 saturated heterocycles. The van der Waals surface area contributed by atoms with E-state index in [1.165, 1.54) is 0 Å². The van der Waals surface area contributed by atoms with Crippen LogP contribution in [0.4, 0.5) is 8.78 Å². The lowest BCUT2D eigenvalue weighted by atomic mass is 10.0. The van der Waals surface area contributed by atoms with Crippen LogP contribution in [0.3, 0.4) is 0 Å². The molecule has 0 aromatic rings. The molecule has 0 bridgehead atoms. The molecule has 0 radical (unpaired) electrons. The Bertz CT molecular complexity index is 178. The molecule has 1 unspecified atom stereocenters. The first-order chi connectivity index (χ1) is 5.55. The predicted molar refractivity (Wildman–Crippen MR) is 39.4 cm³/mol. The number of carbonyl (C=O) groups is 1. The van der Waals surface area contributed by atoms with Crippen LogP contribution >= 0.6 is 11.6 Å². The fourth-order valence-electron chi connectivity index (χ4n) is 1.15. The van der Waals surface area contributed by atoms with Crippen molar-refractivity contribution >= 4 is 16.8 Å².